The molecule has 4 aromatic rings. The molecule has 1 N–H and O–H groups in total. The molecule has 1 amide bonds. The molecule has 0 unspecified atom stereocenters. The van der Waals surface area contributed by atoms with Gasteiger partial charge in [-0.25, -0.2) is 4.79 Å². The van der Waals surface area contributed by atoms with Gasteiger partial charge in [-0.1, -0.05) is 78.9 Å². The zero-order valence-corrected chi connectivity index (χ0v) is 20.4. The van der Waals surface area contributed by atoms with Crippen LogP contribution in [0.15, 0.2) is 115 Å². The van der Waals surface area contributed by atoms with Crippen molar-refractivity contribution in [2.24, 2.45) is 0 Å². The van der Waals surface area contributed by atoms with Crippen LogP contribution in [0.25, 0.3) is 6.08 Å². The molecular formula is C31H27NO5. The molecule has 0 aromatic heterocycles. The average molecular weight is 494 g/mol. The summed E-state index contributed by atoms with van der Waals surface area (Å²) in [4.78, 5) is 25.3. The van der Waals surface area contributed by atoms with Crippen LogP contribution in [0.1, 0.15) is 27.0 Å². The number of carbonyl (C=O) groups excluding carboxylic acids is 2. The molecule has 186 valence electrons. The maximum Gasteiger partial charge on any atom is 0.354 e. The standard InChI is InChI=1S/C31H27NO5/c1-35-31(34)28(32-30(33)25-15-9-4-10-16-25)19-26-17-18-27(36-21-23-11-5-2-6-12-23)20-29(26)37-22-24-13-7-3-8-14-24/h2-20H,21-22H2,1H3,(H,32,33)/b28-19+. The maximum atomic E-state index is 12.7. The van der Waals surface area contributed by atoms with Gasteiger partial charge in [0.1, 0.15) is 30.4 Å². The first-order valence-corrected chi connectivity index (χ1v) is 11.8. The van der Waals surface area contributed by atoms with Crippen LogP contribution in [-0.2, 0) is 22.7 Å². The van der Waals surface area contributed by atoms with Gasteiger partial charge >= 0.3 is 5.97 Å². The van der Waals surface area contributed by atoms with Crippen LogP contribution >= 0.6 is 0 Å². The number of hydrogen-bond donors (Lipinski definition) is 1. The fourth-order valence-corrected chi connectivity index (χ4v) is 3.52. The third-order valence-electron chi connectivity index (χ3n) is 5.46. The van der Waals surface area contributed by atoms with E-state index in [4.69, 9.17) is 14.2 Å². The van der Waals surface area contributed by atoms with Crippen LogP contribution in [-0.4, -0.2) is 19.0 Å². The molecule has 6 heteroatoms. The Hall–Kier alpha value is -4.84. The minimum absolute atomic E-state index is 0.0149. The van der Waals surface area contributed by atoms with E-state index in [1.54, 1.807) is 42.5 Å². The van der Waals surface area contributed by atoms with Gasteiger partial charge in [0, 0.05) is 17.2 Å². The number of ether oxygens (including phenoxy) is 3. The monoisotopic (exact) mass is 493 g/mol. The van der Waals surface area contributed by atoms with Gasteiger partial charge in [0.15, 0.2) is 0 Å². The Morgan fingerprint density at radius 3 is 1.89 bits per heavy atom. The van der Waals surface area contributed by atoms with Crippen LogP contribution < -0.4 is 14.8 Å². The van der Waals surface area contributed by atoms with Crippen molar-refractivity contribution in [3.8, 4) is 11.5 Å². The largest absolute Gasteiger partial charge is 0.489 e. The predicted octanol–water partition coefficient (Wildman–Crippen LogP) is 5.79. The highest BCUT2D eigenvalue weighted by atomic mass is 16.5. The fourth-order valence-electron chi connectivity index (χ4n) is 3.52. The summed E-state index contributed by atoms with van der Waals surface area (Å²) in [5.41, 5.74) is 3.01. The SMILES string of the molecule is COC(=O)/C(=C\c1ccc(OCc2ccccc2)cc1OCc1ccccc1)NC(=O)c1ccccc1. The zero-order chi connectivity index (χ0) is 25.9. The van der Waals surface area contributed by atoms with Gasteiger partial charge < -0.3 is 19.5 Å². The highest BCUT2D eigenvalue weighted by Crippen LogP contribution is 2.28. The highest BCUT2D eigenvalue weighted by Gasteiger charge is 2.16. The minimum atomic E-state index is -0.678. The first kappa shape index (κ1) is 25.3. The minimum Gasteiger partial charge on any atom is -0.489 e. The van der Waals surface area contributed by atoms with Gasteiger partial charge in [-0.05, 0) is 41.5 Å². The molecule has 0 spiro atoms. The van der Waals surface area contributed by atoms with Crippen molar-refractivity contribution in [2.45, 2.75) is 13.2 Å². The van der Waals surface area contributed by atoms with E-state index in [2.05, 4.69) is 5.32 Å². The third kappa shape index (κ3) is 7.32. The Balaban J connectivity index is 1.62. The number of hydrogen-bond acceptors (Lipinski definition) is 5. The number of methoxy groups -OCH3 is 1. The highest BCUT2D eigenvalue weighted by molar-refractivity contribution is 6.03. The number of nitrogens with one attached hydrogen (secondary N) is 1. The lowest BCUT2D eigenvalue weighted by Crippen LogP contribution is -2.28. The summed E-state index contributed by atoms with van der Waals surface area (Å²) >= 11 is 0. The second kappa shape index (κ2) is 12.7. The second-order valence-corrected chi connectivity index (χ2v) is 8.12. The second-order valence-electron chi connectivity index (χ2n) is 8.12. The van der Waals surface area contributed by atoms with E-state index in [1.165, 1.54) is 13.2 Å². The van der Waals surface area contributed by atoms with Crippen molar-refractivity contribution in [1.29, 1.82) is 0 Å². The molecule has 0 radical (unpaired) electrons. The third-order valence-corrected chi connectivity index (χ3v) is 5.46. The van der Waals surface area contributed by atoms with Gasteiger partial charge in [0.05, 0.1) is 7.11 Å². The number of benzene rings is 4. The Labute approximate surface area is 216 Å². The van der Waals surface area contributed by atoms with Gasteiger partial charge in [0.25, 0.3) is 5.91 Å². The molecule has 6 nitrogen and oxygen atoms in total. The molecule has 0 aliphatic rings. The van der Waals surface area contributed by atoms with Crippen LogP contribution in [0.5, 0.6) is 11.5 Å². The Morgan fingerprint density at radius 2 is 1.30 bits per heavy atom. The summed E-state index contributed by atoms with van der Waals surface area (Å²) in [5, 5.41) is 2.66. The molecular weight excluding hydrogens is 466 g/mol. The maximum absolute atomic E-state index is 12.7. The van der Waals surface area contributed by atoms with E-state index in [0.29, 0.717) is 35.8 Å². The molecule has 0 bridgehead atoms. The molecule has 0 aliphatic heterocycles. The van der Waals surface area contributed by atoms with Gasteiger partial charge in [-0.2, -0.15) is 0 Å². The lowest BCUT2D eigenvalue weighted by atomic mass is 10.1. The Morgan fingerprint density at radius 1 is 0.730 bits per heavy atom. The van der Waals surface area contributed by atoms with Crippen molar-refractivity contribution < 1.29 is 23.8 Å². The number of carbonyl (C=O) groups is 2. The molecule has 4 rings (SSSR count). The fraction of sp³-hybridized carbons (Fsp3) is 0.0968. The molecule has 0 saturated heterocycles. The van der Waals surface area contributed by atoms with E-state index in [1.807, 2.05) is 66.7 Å². The topological polar surface area (TPSA) is 73.9 Å². The van der Waals surface area contributed by atoms with Gasteiger partial charge in [-0.15, -0.1) is 0 Å². The molecule has 0 saturated carbocycles. The summed E-state index contributed by atoms with van der Waals surface area (Å²) in [5.74, 6) is -0.00343. The van der Waals surface area contributed by atoms with Crippen molar-refractivity contribution >= 4 is 18.0 Å². The van der Waals surface area contributed by atoms with E-state index in [0.717, 1.165) is 11.1 Å². The first-order chi connectivity index (χ1) is 18.1. The lowest BCUT2D eigenvalue weighted by molar-refractivity contribution is -0.136. The normalized spacial score (nSPS) is 10.9. The zero-order valence-electron chi connectivity index (χ0n) is 20.4. The van der Waals surface area contributed by atoms with E-state index in [9.17, 15) is 9.59 Å². The van der Waals surface area contributed by atoms with Crippen molar-refractivity contribution in [2.75, 3.05) is 7.11 Å². The molecule has 0 heterocycles. The van der Waals surface area contributed by atoms with E-state index in [-0.39, 0.29) is 5.70 Å². The van der Waals surface area contributed by atoms with Crippen LogP contribution in [0.4, 0.5) is 0 Å². The molecule has 4 aromatic carbocycles. The Kier molecular flexibility index (Phi) is 8.70. The number of amides is 1. The molecule has 0 fully saturated rings. The van der Waals surface area contributed by atoms with Crippen LogP contribution in [0.2, 0.25) is 0 Å². The Bertz CT molecular complexity index is 1350. The van der Waals surface area contributed by atoms with Gasteiger partial charge in [-0.3, -0.25) is 4.79 Å². The van der Waals surface area contributed by atoms with Crippen LogP contribution in [0.3, 0.4) is 0 Å². The molecule has 37 heavy (non-hydrogen) atoms. The van der Waals surface area contributed by atoms with Crippen molar-refractivity contribution in [1.82, 2.24) is 5.32 Å². The first-order valence-electron chi connectivity index (χ1n) is 11.8. The summed E-state index contributed by atoms with van der Waals surface area (Å²) < 4.78 is 17.0. The van der Waals surface area contributed by atoms with Crippen molar-refractivity contribution in [3.63, 3.8) is 0 Å². The van der Waals surface area contributed by atoms with Crippen LogP contribution in [0, 0.1) is 0 Å². The number of rotatable bonds is 10. The van der Waals surface area contributed by atoms with Crippen molar-refractivity contribution in [3.05, 3.63) is 137 Å². The molecule has 0 atom stereocenters. The summed E-state index contributed by atoms with van der Waals surface area (Å²) in [6.07, 6.45) is 1.54. The smallest absolute Gasteiger partial charge is 0.354 e. The lowest BCUT2D eigenvalue weighted by Gasteiger charge is -2.14. The quantitative estimate of drug-likeness (QED) is 0.224. The van der Waals surface area contributed by atoms with E-state index >= 15 is 0 Å². The average Bonchev–Trinajstić information content (AvgIpc) is 2.96. The van der Waals surface area contributed by atoms with Gasteiger partial charge in [0.2, 0.25) is 0 Å². The summed E-state index contributed by atoms with van der Waals surface area (Å²) in [7, 11) is 1.26. The molecule has 0 aliphatic carbocycles. The predicted molar refractivity (Wildman–Crippen MR) is 142 cm³/mol. The summed E-state index contributed by atoms with van der Waals surface area (Å²) in [6.45, 7) is 0.711. The van der Waals surface area contributed by atoms with E-state index < -0.39 is 11.9 Å². The summed E-state index contributed by atoms with van der Waals surface area (Å²) in [6, 6.07) is 33.6. The number of esters is 1.